The number of hydrogen-bond acceptors (Lipinski definition) is 1. The van der Waals surface area contributed by atoms with Gasteiger partial charge in [-0.3, -0.25) is 0 Å². The molecule has 0 atom stereocenters. The highest BCUT2D eigenvalue weighted by molar-refractivity contribution is 5.10. The van der Waals surface area contributed by atoms with Gasteiger partial charge in [0, 0.05) is 0 Å². The topological polar surface area (TPSA) is 17.1 Å². The number of carbonyl (C=O) groups is 1. The van der Waals surface area contributed by atoms with E-state index in [2.05, 4.69) is 0 Å². The van der Waals surface area contributed by atoms with Gasteiger partial charge in [-0.2, -0.15) is 0 Å². The smallest absolute Gasteiger partial charge is 0.106 e. The van der Waals surface area contributed by atoms with Crippen molar-refractivity contribution in [3.63, 3.8) is 0 Å². The summed E-state index contributed by atoms with van der Waals surface area (Å²) in [6.45, 7) is 10.0. The Morgan fingerprint density at radius 3 is 0.750 bits per heavy atom. The lowest BCUT2D eigenvalue weighted by molar-refractivity contribution is -0.0979. The fourth-order valence-electron chi connectivity index (χ4n) is 1.06. The summed E-state index contributed by atoms with van der Waals surface area (Å²) in [6, 6.07) is 0. The Kier molecular flexibility index (Phi) is 45.7. The van der Waals surface area contributed by atoms with E-state index in [-0.39, 0.29) is 0 Å². The van der Waals surface area contributed by atoms with Gasteiger partial charge in [0.05, 0.1) is 0 Å². The molecule has 12 heavy (non-hydrogen) atoms. The molecule has 0 saturated heterocycles. The predicted molar refractivity (Wildman–Crippen MR) is 57.5 cm³/mol. The van der Waals surface area contributed by atoms with Crippen molar-refractivity contribution in [1.82, 2.24) is 0 Å². The van der Waals surface area contributed by atoms with Crippen molar-refractivity contribution in [3.8, 4) is 0 Å². The standard InChI is InChI=1S/C6H12.2C2H6.CH2O/c1-2-4-6-5-3-1;3*1-2/h1-6H2;2*1-2H3;1H2. The average Bonchev–Trinajstić information content (AvgIpc) is 2.29. The second-order valence-corrected chi connectivity index (χ2v) is 2.12. The van der Waals surface area contributed by atoms with Crippen molar-refractivity contribution < 1.29 is 4.79 Å². The van der Waals surface area contributed by atoms with Gasteiger partial charge in [-0.15, -0.1) is 0 Å². The highest BCUT2D eigenvalue weighted by atomic mass is 16.1. The molecule has 0 aromatic carbocycles. The van der Waals surface area contributed by atoms with Crippen molar-refractivity contribution in [3.05, 3.63) is 0 Å². The third-order valence-corrected chi connectivity index (χ3v) is 1.50. The van der Waals surface area contributed by atoms with Gasteiger partial charge in [0.15, 0.2) is 0 Å². The summed E-state index contributed by atoms with van der Waals surface area (Å²) in [4.78, 5) is 8.00. The molecule has 0 aromatic rings. The van der Waals surface area contributed by atoms with Gasteiger partial charge in [0.2, 0.25) is 0 Å². The Morgan fingerprint density at radius 2 is 0.667 bits per heavy atom. The Hall–Kier alpha value is -0.330. The quantitative estimate of drug-likeness (QED) is 0.537. The van der Waals surface area contributed by atoms with Crippen LogP contribution in [-0.2, 0) is 4.79 Å². The molecule has 0 spiro atoms. The van der Waals surface area contributed by atoms with Crippen LogP contribution in [0.2, 0.25) is 0 Å². The molecular weight excluding hydrogens is 148 g/mol. The Bertz CT molecular complexity index is 28.8. The van der Waals surface area contributed by atoms with E-state index in [4.69, 9.17) is 4.79 Å². The second-order valence-electron chi connectivity index (χ2n) is 2.12. The number of hydrogen-bond donors (Lipinski definition) is 0. The molecule has 1 heteroatoms. The fraction of sp³-hybridized carbons (Fsp3) is 0.909. The average molecular weight is 174 g/mol. The van der Waals surface area contributed by atoms with Crippen LogP contribution in [0.4, 0.5) is 0 Å². The predicted octanol–water partition coefficient (Wildman–Crippen LogP) is 4.21. The van der Waals surface area contributed by atoms with E-state index in [1.807, 2.05) is 34.5 Å². The molecule has 0 radical (unpaired) electrons. The number of rotatable bonds is 0. The van der Waals surface area contributed by atoms with Crippen molar-refractivity contribution in [1.29, 1.82) is 0 Å². The van der Waals surface area contributed by atoms with Crippen LogP contribution in [0.3, 0.4) is 0 Å². The van der Waals surface area contributed by atoms with Crippen molar-refractivity contribution >= 4 is 6.79 Å². The summed E-state index contributed by atoms with van der Waals surface area (Å²) in [7, 11) is 0. The molecule has 0 aromatic heterocycles. The molecule has 1 fully saturated rings. The van der Waals surface area contributed by atoms with Crippen molar-refractivity contribution in [2.75, 3.05) is 0 Å². The molecule has 1 saturated carbocycles. The van der Waals surface area contributed by atoms with E-state index in [0.717, 1.165) is 0 Å². The highest BCUT2D eigenvalue weighted by Crippen LogP contribution is 2.15. The van der Waals surface area contributed by atoms with Gasteiger partial charge < -0.3 is 4.79 Å². The minimum atomic E-state index is 1.50. The lowest BCUT2D eigenvalue weighted by Crippen LogP contribution is -1.85. The first-order valence-corrected chi connectivity index (χ1v) is 5.29. The molecule has 1 nitrogen and oxygen atoms in total. The first-order chi connectivity index (χ1) is 6.00. The zero-order valence-electron chi connectivity index (χ0n) is 9.36. The van der Waals surface area contributed by atoms with E-state index >= 15 is 0 Å². The van der Waals surface area contributed by atoms with E-state index < -0.39 is 0 Å². The first kappa shape index (κ1) is 17.7. The van der Waals surface area contributed by atoms with Gasteiger partial charge in [0.1, 0.15) is 6.79 Å². The summed E-state index contributed by atoms with van der Waals surface area (Å²) in [5.74, 6) is 0. The summed E-state index contributed by atoms with van der Waals surface area (Å²) >= 11 is 0. The molecule has 76 valence electrons. The maximum atomic E-state index is 8.00. The van der Waals surface area contributed by atoms with E-state index in [0.29, 0.717) is 0 Å². The largest absolute Gasteiger partial charge is 0.307 e. The molecule has 0 unspecified atom stereocenters. The molecule has 1 rings (SSSR count). The SMILES string of the molecule is C1CCCCC1.C=O.CC.CC. The minimum absolute atomic E-state index is 1.50. The van der Waals surface area contributed by atoms with Crippen LogP contribution in [0.15, 0.2) is 0 Å². The Labute approximate surface area is 78.6 Å². The second kappa shape index (κ2) is 31.0. The van der Waals surface area contributed by atoms with Crippen molar-refractivity contribution in [2.24, 2.45) is 0 Å². The van der Waals surface area contributed by atoms with Crippen molar-refractivity contribution in [2.45, 2.75) is 66.2 Å². The van der Waals surface area contributed by atoms with Crippen LogP contribution in [0.1, 0.15) is 66.2 Å². The maximum absolute atomic E-state index is 8.00. The molecule has 0 bridgehead atoms. The monoisotopic (exact) mass is 174 g/mol. The van der Waals surface area contributed by atoms with E-state index in [9.17, 15) is 0 Å². The zero-order chi connectivity index (χ0) is 10.2. The van der Waals surface area contributed by atoms with Crippen LogP contribution in [0.5, 0.6) is 0 Å². The number of carbonyl (C=O) groups excluding carboxylic acids is 1. The third-order valence-electron chi connectivity index (χ3n) is 1.50. The molecule has 0 amide bonds. The molecule has 1 aliphatic carbocycles. The molecule has 0 aliphatic heterocycles. The molecule has 0 heterocycles. The van der Waals surface area contributed by atoms with Crippen LogP contribution in [0.25, 0.3) is 0 Å². The van der Waals surface area contributed by atoms with Gasteiger partial charge in [0.25, 0.3) is 0 Å². The van der Waals surface area contributed by atoms with Crippen LogP contribution in [0, 0.1) is 0 Å². The Morgan fingerprint density at radius 1 is 0.583 bits per heavy atom. The fourth-order valence-corrected chi connectivity index (χ4v) is 1.06. The van der Waals surface area contributed by atoms with E-state index in [1.54, 1.807) is 0 Å². The minimum Gasteiger partial charge on any atom is -0.307 e. The normalized spacial score (nSPS) is 13.3. The summed E-state index contributed by atoms with van der Waals surface area (Å²) < 4.78 is 0. The van der Waals surface area contributed by atoms with Crippen LogP contribution in [-0.4, -0.2) is 6.79 Å². The van der Waals surface area contributed by atoms with Gasteiger partial charge in [-0.05, 0) is 0 Å². The molecular formula is C11H26O. The van der Waals surface area contributed by atoms with Crippen LogP contribution >= 0.6 is 0 Å². The highest BCUT2D eigenvalue weighted by Gasteiger charge is 1.95. The third kappa shape index (κ3) is 22.6. The Balaban J connectivity index is -0.000000117. The van der Waals surface area contributed by atoms with Gasteiger partial charge >= 0.3 is 0 Å². The van der Waals surface area contributed by atoms with Gasteiger partial charge in [-0.25, -0.2) is 0 Å². The molecule has 0 N–H and O–H groups in total. The summed E-state index contributed by atoms with van der Waals surface area (Å²) in [6.07, 6.45) is 9.00. The lowest BCUT2D eigenvalue weighted by atomic mass is 10.0. The maximum Gasteiger partial charge on any atom is 0.106 e. The zero-order valence-corrected chi connectivity index (χ0v) is 9.36. The summed E-state index contributed by atoms with van der Waals surface area (Å²) in [5.41, 5.74) is 0. The molecule has 1 aliphatic rings. The van der Waals surface area contributed by atoms with Crippen LogP contribution < -0.4 is 0 Å². The lowest BCUT2D eigenvalue weighted by Gasteiger charge is -2.05. The van der Waals surface area contributed by atoms with E-state index in [1.165, 1.54) is 38.5 Å². The summed E-state index contributed by atoms with van der Waals surface area (Å²) in [5, 5.41) is 0. The van der Waals surface area contributed by atoms with Gasteiger partial charge in [-0.1, -0.05) is 66.2 Å². The first-order valence-electron chi connectivity index (χ1n) is 5.29.